The smallest absolute Gasteiger partial charge is 0.334 e. The first kappa shape index (κ1) is 23.2. The third-order valence-corrected chi connectivity index (χ3v) is 4.48. The second-order valence-corrected chi connectivity index (χ2v) is 7.49. The number of halogens is 3. The van der Waals surface area contributed by atoms with Gasteiger partial charge in [0, 0.05) is 30.9 Å². The normalized spacial score (nSPS) is 11.7. The number of aromatic nitrogens is 1. The van der Waals surface area contributed by atoms with Gasteiger partial charge in [0.1, 0.15) is 5.69 Å². The van der Waals surface area contributed by atoms with Crippen LogP contribution < -0.4 is 10.9 Å². The van der Waals surface area contributed by atoms with Crippen molar-refractivity contribution >= 4 is 17.5 Å². The van der Waals surface area contributed by atoms with E-state index >= 15 is 0 Å². The molecule has 9 heteroatoms. The molecule has 1 aromatic carbocycles. The number of nitrogens with zero attached hydrogens (tertiary/aromatic N) is 2. The van der Waals surface area contributed by atoms with Gasteiger partial charge >= 0.3 is 6.18 Å². The van der Waals surface area contributed by atoms with E-state index in [0.29, 0.717) is 6.07 Å². The van der Waals surface area contributed by atoms with E-state index in [4.69, 9.17) is 0 Å². The predicted octanol–water partition coefficient (Wildman–Crippen LogP) is 3.92. The van der Waals surface area contributed by atoms with E-state index in [1.54, 1.807) is 4.90 Å². The van der Waals surface area contributed by atoms with Crippen molar-refractivity contribution in [1.82, 2.24) is 9.47 Å². The van der Waals surface area contributed by atoms with Crippen LogP contribution in [0.1, 0.15) is 54.0 Å². The van der Waals surface area contributed by atoms with Crippen molar-refractivity contribution in [2.45, 2.75) is 46.0 Å². The number of aryl methyl sites for hydroxylation is 1. The molecule has 0 aliphatic heterocycles. The van der Waals surface area contributed by atoms with Gasteiger partial charge in [0.15, 0.2) is 0 Å². The van der Waals surface area contributed by atoms with Crippen molar-refractivity contribution in [3.05, 3.63) is 63.6 Å². The number of benzene rings is 1. The zero-order valence-corrected chi connectivity index (χ0v) is 17.4. The van der Waals surface area contributed by atoms with Gasteiger partial charge in [-0.15, -0.1) is 0 Å². The molecule has 1 N–H and O–H groups in total. The number of anilines is 1. The quantitative estimate of drug-likeness (QED) is 0.793. The van der Waals surface area contributed by atoms with Gasteiger partial charge in [-0.05, 0) is 52.0 Å². The topological polar surface area (TPSA) is 71.4 Å². The first-order chi connectivity index (χ1) is 13.8. The van der Waals surface area contributed by atoms with Gasteiger partial charge in [0.25, 0.3) is 17.4 Å². The molecule has 1 aromatic heterocycles. The highest BCUT2D eigenvalue weighted by Crippen LogP contribution is 2.29. The molecule has 2 aromatic rings. The fourth-order valence-corrected chi connectivity index (χ4v) is 3.16. The first-order valence-electron chi connectivity index (χ1n) is 9.35. The van der Waals surface area contributed by atoms with Crippen LogP contribution in [0, 0.1) is 0 Å². The maximum atomic E-state index is 12.9. The minimum Gasteiger partial charge on any atom is -0.334 e. The van der Waals surface area contributed by atoms with E-state index < -0.39 is 23.2 Å². The molecule has 2 rings (SSSR count). The number of nitrogens with one attached hydrogen (secondary N) is 1. The van der Waals surface area contributed by atoms with Crippen LogP contribution in [-0.2, 0) is 13.2 Å². The third-order valence-electron chi connectivity index (χ3n) is 4.48. The Balaban J connectivity index is 2.40. The van der Waals surface area contributed by atoms with E-state index in [-0.39, 0.29) is 34.8 Å². The SMILES string of the molecule is CC(C)N(C(=O)c1cc(NC(=O)c2cccc(C(F)(F)F)c2)c(=O)n(C)c1)C(C)C. The predicted molar refractivity (Wildman–Crippen MR) is 108 cm³/mol. The molecule has 0 aliphatic carbocycles. The molecule has 2 amide bonds. The van der Waals surface area contributed by atoms with Crippen molar-refractivity contribution in [1.29, 1.82) is 0 Å². The maximum absolute atomic E-state index is 12.9. The molecule has 0 aliphatic rings. The summed E-state index contributed by atoms with van der Waals surface area (Å²) in [4.78, 5) is 39.4. The molecule has 6 nitrogen and oxygen atoms in total. The summed E-state index contributed by atoms with van der Waals surface area (Å²) in [5.41, 5.74) is -1.84. The summed E-state index contributed by atoms with van der Waals surface area (Å²) < 4.78 is 39.8. The molecule has 162 valence electrons. The fraction of sp³-hybridized carbons (Fsp3) is 0.381. The third kappa shape index (κ3) is 5.08. The van der Waals surface area contributed by atoms with E-state index in [0.717, 1.165) is 16.7 Å². The summed E-state index contributed by atoms with van der Waals surface area (Å²) in [6.45, 7) is 7.43. The molecule has 0 radical (unpaired) electrons. The van der Waals surface area contributed by atoms with Crippen LogP contribution in [0.25, 0.3) is 0 Å². The minimum absolute atomic E-state index is 0.0992. The summed E-state index contributed by atoms with van der Waals surface area (Å²) in [6.07, 6.45) is -3.24. The number of pyridine rings is 1. The average molecular weight is 423 g/mol. The monoisotopic (exact) mass is 423 g/mol. The largest absolute Gasteiger partial charge is 0.416 e. The maximum Gasteiger partial charge on any atom is 0.416 e. The van der Waals surface area contributed by atoms with Gasteiger partial charge in [-0.1, -0.05) is 6.07 Å². The number of alkyl halides is 3. The lowest BCUT2D eigenvalue weighted by molar-refractivity contribution is -0.137. The van der Waals surface area contributed by atoms with Gasteiger partial charge in [0.05, 0.1) is 11.1 Å². The number of carbonyl (C=O) groups excluding carboxylic acids is 2. The molecule has 0 atom stereocenters. The van der Waals surface area contributed by atoms with Crippen LogP contribution in [0.5, 0.6) is 0 Å². The molecule has 30 heavy (non-hydrogen) atoms. The van der Waals surface area contributed by atoms with Gasteiger partial charge in [-0.2, -0.15) is 13.2 Å². The van der Waals surface area contributed by atoms with Crippen molar-refractivity contribution in [2.24, 2.45) is 7.05 Å². The molecule has 0 unspecified atom stereocenters. The van der Waals surface area contributed by atoms with Crippen molar-refractivity contribution in [2.75, 3.05) is 5.32 Å². The van der Waals surface area contributed by atoms with Crippen molar-refractivity contribution in [3.63, 3.8) is 0 Å². The van der Waals surface area contributed by atoms with E-state index in [1.165, 1.54) is 25.4 Å². The number of hydrogen-bond acceptors (Lipinski definition) is 3. The Kier molecular flexibility index (Phi) is 6.74. The highest BCUT2D eigenvalue weighted by molar-refractivity contribution is 6.05. The highest BCUT2D eigenvalue weighted by atomic mass is 19.4. The fourth-order valence-electron chi connectivity index (χ4n) is 3.16. The number of carbonyl (C=O) groups is 2. The number of amides is 2. The zero-order chi connectivity index (χ0) is 22.8. The van der Waals surface area contributed by atoms with E-state index in [1.807, 2.05) is 27.7 Å². The average Bonchev–Trinajstić information content (AvgIpc) is 2.63. The Hall–Kier alpha value is -3.10. The highest BCUT2D eigenvalue weighted by Gasteiger charge is 2.31. The van der Waals surface area contributed by atoms with Gasteiger partial charge < -0.3 is 14.8 Å². The molecule has 1 heterocycles. The molecule has 0 saturated heterocycles. The Morgan fingerprint density at radius 1 is 1.03 bits per heavy atom. The van der Waals surface area contributed by atoms with Crippen LogP contribution >= 0.6 is 0 Å². The Morgan fingerprint density at radius 2 is 1.63 bits per heavy atom. The van der Waals surface area contributed by atoms with Crippen LogP contribution in [0.15, 0.2) is 41.3 Å². The number of rotatable bonds is 5. The summed E-state index contributed by atoms with van der Waals surface area (Å²) in [5.74, 6) is -1.21. The summed E-state index contributed by atoms with van der Waals surface area (Å²) >= 11 is 0. The van der Waals surface area contributed by atoms with Crippen LogP contribution in [0.2, 0.25) is 0 Å². The standard InChI is InChI=1S/C21H24F3N3O3/c1-12(2)27(13(3)4)19(29)15-10-17(20(30)26(5)11-15)25-18(28)14-7-6-8-16(9-14)21(22,23)24/h6-13H,1-5H3,(H,25,28). The molecule has 0 saturated carbocycles. The molecular weight excluding hydrogens is 399 g/mol. The Morgan fingerprint density at radius 3 is 2.17 bits per heavy atom. The molecule has 0 bridgehead atoms. The zero-order valence-electron chi connectivity index (χ0n) is 17.4. The lowest BCUT2D eigenvalue weighted by Gasteiger charge is -2.31. The molecule has 0 fully saturated rings. The molecule has 0 spiro atoms. The number of hydrogen-bond donors (Lipinski definition) is 1. The lowest BCUT2D eigenvalue weighted by Crippen LogP contribution is -2.42. The lowest BCUT2D eigenvalue weighted by atomic mass is 10.1. The van der Waals surface area contributed by atoms with Gasteiger partial charge in [0.2, 0.25) is 0 Å². The van der Waals surface area contributed by atoms with E-state index in [9.17, 15) is 27.6 Å². The molecular formula is C21H24F3N3O3. The summed E-state index contributed by atoms with van der Waals surface area (Å²) in [7, 11) is 1.42. The Bertz CT molecular complexity index is 1000. The van der Waals surface area contributed by atoms with Gasteiger partial charge in [-0.25, -0.2) is 0 Å². The van der Waals surface area contributed by atoms with E-state index in [2.05, 4.69) is 5.32 Å². The Labute approximate surface area is 172 Å². The first-order valence-corrected chi connectivity index (χ1v) is 9.35. The van der Waals surface area contributed by atoms with Gasteiger partial charge in [-0.3, -0.25) is 14.4 Å². The van der Waals surface area contributed by atoms with Crippen LogP contribution in [0.3, 0.4) is 0 Å². The second-order valence-electron chi connectivity index (χ2n) is 7.49. The minimum atomic E-state index is -4.60. The summed E-state index contributed by atoms with van der Waals surface area (Å²) in [5, 5.41) is 2.33. The summed E-state index contributed by atoms with van der Waals surface area (Å²) in [6, 6.07) is 4.92. The van der Waals surface area contributed by atoms with Crippen LogP contribution in [0.4, 0.5) is 18.9 Å². The van der Waals surface area contributed by atoms with Crippen LogP contribution in [-0.4, -0.2) is 33.4 Å². The van der Waals surface area contributed by atoms with Crippen molar-refractivity contribution in [3.8, 4) is 0 Å². The second kappa shape index (κ2) is 8.73. The van der Waals surface area contributed by atoms with Crippen molar-refractivity contribution < 1.29 is 22.8 Å².